The number of rotatable bonds is 4. The van der Waals surface area contributed by atoms with Gasteiger partial charge in [-0.25, -0.2) is 4.79 Å². The van der Waals surface area contributed by atoms with Gasteiger partial charge in [0.05, 0.1) is 24.9 Å². The first-order valence-corrected chi connectivity index (χ1v) is 6.50. The Morgan fingerprint density at radius 1 is 1.37 bits per heavy atom. The van der Waals surface area contributed by atoms with Crippen molar-refractivity contribution in [1.29, 1.82) is 0 Å². The molecular weight excluding hydrogens is 287 g/mol. The van der Waals surface area contributed by atoms with Crippen molar-refractivity contribution in [2.24, 2.45) is 0 Å². The van der Waals surface area contributed by atoms with Gasteiger partial charge in [-0.05, 0) is 19.1 Å². The van der Waals surface area contributed by atoms with Crippen molar-refractivity contribution in [2.75, 3.05) is 6.61 Å². The van der Waals surface area contributed by atoms with E-state index >= 15 is 0 Å². The SMILES string of the molecule is CCOC(=O)c1cnn(Cc2c(Cl)cccc2Cl)c1. The standard InChI is InChI=1S/C13H12Cl2N2O2/c1-2-19-13(18)9-6-16-17(7-9)8-10-11(14)4-3-5-12(10)15/h3-7H,2,8H2,1H3. The highest BCUT2D eigenvalue weighted by Crippen LogP contribution is 2.24. The van der Waals surface area contributed by atoms with Crippen LogP contribution in [0, 0.1) is 0 Å². The van der Waals surface area contributed by atoms with Crippen LogP contribution in [-0.2, 0) is 11.3 Å². The number of carbonyl (C=O) groups is 1. The monoisotopic (exact) mass is 298 g/mol. The number of esters is 1. The third kappa shape index (κ3) is 3.28. The van der Waals surface area contributed by atoms with Crippen molar-refractivity contribution in [3.63, 3.8) is 0 Å². The van der Waals surface area contributed by atoms with Crippen molar-refractivity contribution in [2.45, 2.75) is 13.5 Å². The molecule has 0 fully saturated rings. The molecule has 0 N–H and O–H groups in total. The van der Waals surface area contributed by atoms with E-state index in [0.29, 0.717) is 28.8 Å². The van der Waals surface area contributed by atoms with Crippen molar-refractivity contribution in [3.8, 4) is 0 Å². The molecule has 0 spiro atoms. The maximum absolute atomic E-state index is 11.5. The number of carbonyl (C=O) groups excluding carboxylic acids is 1. The molecule has 0 unspecified atom stereocenters. The van der Waals surface area contributed by atoms with Crippen LogP contribution in [0.5, 0.6) is 0 Å². The second-order valence-corrected chi connectivity index (χ2v) is 4.66. The summed E-state index contributed by atoms with van der Waals surface area (Å²) in [5.74, 6) is -0.390. The Morgan fingerprint density at radius 2 is 2.05 bits per heavy atom. The molecular formula is C13H12Cl2N2O2. The molecule has 1 aromatic heterocycles. The van der Waals surface area contributed by atoms with Gasteiger partial charge in [0.2, 0.25) is 0 Å². The smallest absolute Gasteiger partial charge is 0.341 e. The van der Waals surface area contributed by atoms with E-state index in [4.69, 9.17) is 27.9 Å². The lowest BCUT2D eigenvalue weighted by Crippen LogP contribution is -2.04. The van der Waals surface area contributed by atoms with Crippen LogP contribution in [0.3, 0.4) is 0 Å². The minimum absolute atomic E-state index is 0.334. The predicted molar refractivity (Wildman–Crippen MR) is 73.7 cm³/mol. The summed E-state index contributed by atoms with van der Waals surface area (Å²) in [5, 5.41) is 5.24. The van der Waals surface area contributed by atoms with Crippen molar-refractivity contribution >= 4 is 29.2 Å². The van der Waals surface area contributed by atoms with Crippen LogP contribution in [0.2, 0.25) is 10.0 Å². The largest absolute Gasteiger partial charge is 0.462 e. The number of hydrogen-bond acceptors (Lipinski definition) is 3. The van der Waals surface area contributed by atoms with E-state index in [1.165, 1.54) is 6.20 Å². The van der Waals surface area contributed by atoms with Crippen LogP contribution >= 0.6 is 23.2 Å². The number of benzene rings is 1. The van der Waals surface area contributed by atoms with E-state index in [9.17, 15) is 4.79 Å². The summed E-state index contributed by atoms with van der Waals surface area (Å²) >= 11 is 12.2. The zero-order chi connectivity index (χ0) is 13.8. The molecule has 1 heterocycles. The first-order chi connectivity index (χ1) is 9.11. The molecule has 19 heavy (non-hydrogen) atoms. The Labute approximate surface area is 120 Å². The summed E-state index contributed by atoms with van der Waals surface area (Å²) in [7, 11) is 0. The maximum Gasteiger partial charge on any atom is 0.341 e. The molecule has 100 valence electrons. The number of aromatic nitrogens is 2. The Balaban J connectivity index is 2.18. The third-order valence-electron chi connectivity index (χ3n) is 2.53. The van der Waals surface area contributed by atoms with Crippen LogP contribution in [0.4, 0.5) is 0 Å². The fraction of sp³-hybridized carbons (Fsp3) is 0.231. The highest BCUT2D eigenvalue weighted by Gasteiger charge is 2.11. The summed E-state index contributed by atoms with van der Waals surface area (Å²) in [6, 6.07) is 5.30. The normalized spacial score (nSPS) is 10.5. The van der Waals surface area contributed by atoms with Gasteiger partial charge >= 0.3 is 5.97 Å². The summed E-state index contributed by atoms with van der Waals surface area (Å²) in [6.45, 7) is 2.49. The van der Waals surface area contributed by atoms with Gasteiger partial charge < -0.3 is 4.74 Å². The average molecular weight is 299 g/mol. The van der Waals surface area contributed by atoms with Crippen LogP contribution < -0.4 is 0 Å². The lowest BCUT2D eigenvalue weighted by molar-refractivity contribution is 0.0526. The molecule has 0 bridgehead atoms. The summed E-state index contributed by atoms with van der Waals surface area (Å²) in [5.41, 5.74) is 1.18. The summed E-state index contributed by atoms with van der Waals surface area (Å²) in [6.07, 6.45) is 3.07. The topological polar surface area (TPSA) is 44.1 Å². The van der Waals surface area contributed by atoms with E-state index in [1.807, 2.05) is 0 Å². The Morgan fingerprint density at radius 3 is 2.68 bits per heavy atom. The zero-order valence-electron chi connectivity index (χ0n) is 10.3. The fourth-order valence-corrected chi connectivity index (χ4v) is 2.13. The zero-order valence-corrected chi connectivity index (χ0v) is 11.8. The molecule has 0 saturated carbocycles. The molecule has 0 aliphatic rings. The first-order valence-electron chi connectivity index (χ1n) is 5.74. The highest BCUT2D eigenvalue weighted by molar-refractivity contribution is 6.35. The van der Waals surface area contributed by atoms with E-state index in [-0.39, 0.29) is 5.97 Å². The van der Waals surface area contributed by atoms with Gasteiger partial charge in [-0.3, -0.25) is 4.68 Å². The van der Waals surface area contributed by atoms with Gasteiger partial charge in [0.25, 0.3) is 0 Å². The predicted octanol–water partition coefficient (Wildman–Crippen LogP) is 3.41. The van der Waals surface area contributed by atoms with Crippen LogP contribution in [0.15, 0.2) is 30.6 Å². The van der Waals surface area contributed by atoms with Crippen LogP contribution in [-0.4, -0.2) is 22.4 Å². The second kappa shape index (κ2) is 6.08. The van der Waals surface area contributed by atoms with Gasteiger partial charge in [-0.2, -0.15) is 5.10 Å². The van der Waals surface area contributed by atoms with E-state index in [1.54, 1.807) is 36.0 Å². The van der Waals surface area contributed by atoms with Crippen molar-refractivity contribution < 1.29 is 9.53 Å². The molecule has 0 saturated heterocycles. The van der Waals surface area contributed by atoms with Crippen LogP contribution in [0.1, 0.15) is 22.8 Å². The lowest BCUT2D eigenvalue weighted by atomic mass is 10.2. The first kappa shape index (κ1) is 13.9. The number of nitrogens with zero attached hydrogens (tertiary/aromatic N) is 2. The third-order valence-corrected chi connectivity index (χ3v) is 3.23. The van der Waals surface area contributed by atoms with E-state index in [0.717, 1.165) is 5.56 Å². The lowest BCUT2D eigenvalue weighted by Gasteiger charge is -2.06. The second-order valence-electron chi connectivity index (χ2n) is 3.85. The molecule has 0 atom stereocenters. The molecule has 2 aromatic rings. The molecule has 4 nitrogen and oxygen atoms in total. The van der Waals surface area contributed by atoms with Gasteiger partial charge in [0.15, 0.2) is 0 Å². The van der Waals surface area contributed by atoms with E-state index < -0.39 is 0 Å². The van der Waals surface area contributed by atoms with E-state index in [2.05, 4.69) is 5.10 Å². The number of ether oxygens (including phenoxy) is 1. The molecule has 0 amide bonds. The number of halogens is 2. The average Bonchev–Trinajstić information content (AvgIpc) is 2.83. The minimum atomic E-state index is -0.390. The Bertz CT molecular complexity index is 576. The molecule has 0 aliphatic carbocycles. The van der Waals surface area contributed by atoms with Crippen LogP contribution in [0.25, 0.3) is 0 Å². The summed E-state index contributed by atoms with van der Waals surface area (Å²) < 4.78 is 6.49. The van der Waals surface area contributed by atoms with Gasteiger partial charge in [-0.15, -0.1) is 0 Å². The highest BCUT2D eigenvalue weighted by atomic mass is 35.5. The Hall–Kier alpha value is -1.52. The maximum atomic E-state index is 11.5. The molecule has 1 aromatic carbocycles. The summed E-state index contributed by atoms with van der Waals surface area (Å²) in [4.78, 5) is 11.5. The Kier molecular flexibility index (Phi) is 4.45. The van der Waals surface area contributed by atoms with Crippen molar-refractivity contribution in [3.05, 3.63) is 51.8 Å². The molecule has 0 radical (unpaired) electrons. The molecule has 2 rings (SSSR count). The fourth-order valence-electron chi connectivity index (χ4n) is 1.62. The quantitative estimate of drug-likeness (QED) is 0.813. The van der Waals surface area contributed by atoms with Gasteiger partial charge in [0, 0.05) is 21.8 Å². The van der Waals surface area contributed by atoms with Gasteiger partial charge in [0.1, 0.15) is 0 Å². The van der Waals surface area contributed by atoms with Crippen molar-refractivity contribution in [1.82, 2.24) is 9.78 Å². The minimum Gasteiger partial charge on any atom is -0.462 e. The van der Waals surface area contributed by atoms with Gasteiger partial charge in [-0.1, -0.05) is 29.3 Å². The molecule has 0 aliphatic heterocycles. The number of hydrogen-bond donors (Lipinski definition) is 0. The molecule has 6 heteroatoms.